The Morgan fingerprint density at radius 1 is 1.44 bits per heavy atom. The Balaban J connectivity index is 1.99. The molecule has 4 nitrogen and oxygen atoms in total. The first-order valence-electron chi connectivity index (χ1n) is 6.46. The Kier molecular flexibility index (Phi) is 2.74. The molecule has 1 aromatic rings. The molecule has 18 heavy (non-hydrogen) atoms. The van der Waals surface area contributed by atoms with Gasteiger partial charge in [-0.2, -0.15) is 0 Å². The molecule has 1 N–H and O–H groups in total. The van der Waals surface area contributed by atoms with Crippen molar-refractivity contribution in [3.05, 3.63) is 29.8 Å². The van der Waals surface area contributed by atoms with Gasteiger partial charge in [-0.3, -0.25) is 4.90 Å². The van der Waals surface area contributed by atoms with Crippen LogP contribution in [0.5, 0.6) is 0 Å². The number of piperidine rings is 1. The van der Waals surface area contributed by atoms with Gasteiger partial charge in [-0.25, -0.2) is 4.79 Å². The number of hydrogen-bond donors (Lipinski definition) is 1. The van der Waals surface area contributed by atoms with Crippen LogP contribution in [-0.4, -0.2) is 31.3 Å². The number of carbonyl (C=O) groups is 1. The minimum Gasteiger partial charge on any atom is -0.447 e. The number of ether oxygens (including phenoxy) is 1. The fraction of sp³-hybridized carbons (Fsp3) is 0.500. The van der Waals surface area contributed by atoms with E-state index < -0.39 is 0 Å². The fourth-order valence-electron chi connectivity index (χ4n) is 2.93. The molecule has 0 radical (unpaired) electrons. The topological polar surface area (TPSA) is 41.6 Å². The van der Waals surface area contributed by atoms with Crippen LogP contribution in [0, 0.1) is 6.92 Å². The van der Waals surface area contributed by atoms with Crippen molar-refractivity contribution in [2.45, 2.75) is 25.3 Å². The lowest BCUT2D eigenvalue weighted by molar-refractivity contribution is 0.167. The molecule has 4 heteroatoms. The molecule has 2 fully saturated rings. The number of cyclic esters (lactones) is 1. The summed E-state index contributed by atoms with van der Waals surface area (Å²) in [5, 5.41) is 3.38. The van der Waals surface area contributed by atoms with Crippen LogP contribution in [0.4, 0.5) is 10.5 Å². The molecule has 1 aromatic carbocycles. The van der Waals surface area contributed by atoms with Gasteiger partial charge in [0.2, 0.25) is 0 Å². The van der Waals surface area contributed by atoms with E-state index in [0.717, 1.165) is 37.2 Å². The van der Waals surface area contributed by atoms with Crippen molar-refractivity contribution >= 4 is 11.8 Å². The van der Waals surface area contributed by atoms with Gasteiger partial charge in [0.1, 0.15) is 6.61 Å². The Hall–Kier alpha value is -1.55. The minimum atomic E-state index is -0.218. The third kappa shape index (κ3) is 1.77. The number of nitrogens with zero attached hydrogens (tertiary/aromatic N) is 1. The van der Waals surface area contributed by atoms with Crippen LogP contribution in [0.1, 0.15) is 18.4 Å². The lowest BCUT2D eigenvalue weighted by Crippen LogP contribution is -2.57. The van der Waals surface area contributed by atoms with Crippen LogP contribution in [0.25, 0.3) is 0 Å². The van der Waals surface area contributed by atoms with Crippen LogP contribution in [0.2, 0.25) is 0 Å². The molecule has 0 aliphatic carbocycles. The zero-order valence-electron chi connectivity index (χ0n) is 10.6. The van der Waals surface area contributed by atoms with E-state index >= 15 is 0 Å². The molecule has 2 saturated heterocycles. The number of aryl methyl sites for hydroxylation is 1. The average molecular weight is 246 g/mol. The van der Waals surface area contributed by atoms with Gasteiger partial charge in [-0.1, -0.05) is 12.1 Å². The van der Waals surface area contributed by atoms with Crippen molar-refractivity contribution in [2.75, 3.05) is 24.6 Å². The smallest absolute Gasteiger partial charge is 0.415 e. The first-order chi connectivity index (χ1) is 8.71. The van der Waals surface area contributed by atoms with E-state index in [1.54, 1.807) is 0 Å². The lowest BCUT2D eigenvalue weighted by Gasteiger charge is -2.38. The summed E-state index contributed by atoms with van der Waals surface area (Å²) in [6.07, 6.45) is 1.86. The highest BCUT2D eigenvalue weighted by molar-refractivity contribution is 5.91. The van der Waals surface area contributed by atoms with Gasteiger partial charge in [0, 0.05) is 12.2 Å². The van der Waals surface area contributed by atoms with Gasteiger partial charge >= 0.3 is 6.09 Å². The molecule has 1 unspecified atom stereocenters. The van der Waals surface area contributed by atoms with Gasteiger partial charge in [0.25, 0.3) is 0 Å². The van der Waals surface area contributed by atoms with Crippen molar-refractivity contribution in [1.29, 1.82) is 0 Å². The largest absolute Gasteiger partial charge is 0.447 e. The summed E-state index contributed by atoms with van der Waals surface area (Å²) in [5.41, 5.74) is 1.91. The van der Waals surface area contributed by atoms with E-state index in [9.17, 15) is 4.79 Å². The van der Waals surface area contributed by atoms with Gasteiger partial charge in [-0.05, 0) is 44.0 Å². The number of rotatable bonds is 1. The highest BCUT2D eigenvalue weighted by atomic mass is 16.6. The molecule has 1 spiro atoms. The molecule has 0 bridgehead atoms. The Bertz CT molecular complexity index is 467. The SMILES string of the molecule is Cc1cccc(N2C(=O)OCC23CCCNC3)c1. The third-order valence-corrected chi connectivity index (χ3v) is 3.83. The second-order valence-corrected chi connectivity index (χ2v) is 5.23. The Labute approximate surface area is 107 Å². The van der Waals surface area contributed by atoms with Gasteiger partial charge in [-0.15, -0.1) is 0 Å². The standard InChI is InChI=1S/C14H18N2O2/c1-11-4-2-5-12(8-11)16-13(17)18-10-14(16)6-3-7-15-9-14/h2,4-5,8,15H,3,6-7,9-10H2,1H3. The summed E-state index contributed by atoms with van der Waals surface area (Å²) in [5.74, 6) is 0. The molecular weight excluding hydrogens is 228 g/mol. The van der Waals surface area contributed by atoms with Crippen LogP contribution in [0.15, 0.2) is 24.3 Å². The van der Waals surface area contributed by atoms with Crippen molar-refractivity contribution in [3.63, 3.8) is 0 Å². The van der Waals surface area contributed by atoms with E-state index in [2.05, 4.69) is 5.32 Å². The van der Waals surface area contributed by atoms with E-state index in [1.807, 2.05) is 36.1 Å². The van der Waals surface area contributed by atoms with E-state index in [1.165, 1.54) is 0 Å². The summed E-state index contributed by atoms with van der Waals surface area (Å²) in [6.45, 7) is 4.37. The maximum absolute atomic E-state index is 12.0. The van der Waals surface area contributed by atoms with Gasteiger partial charge in [0.15, 0.2) is 0 Å². The lowest BCUT2D eigenvalue weighted by atomic mass is 9.89. The van der Waals surface area contributed by atoms with E-state index in [4.69, 9.17) is 4.74 Å². The molecule has 2 heterocycles. The number of benzene rings is 1. The second-order valence-electron chi connectivity index (χ2n) is 5.23. The van der Waals surface area contributed by atoms with Crippen LogP contribution in [-0.2, 0) is 4.74 Å². The van der Waals surface area contributed by atoms with Crippen LogP contribution >= 0.6 is 0 Å². The monoisotopic (exact) mass is 246 g/mol. The highest BCUT2D eigenvalue weighted by Crippen LogP contribution is 2.35. The zero-order chi connectivity index (χ0) is 12.6. The summed E-state index contributed by atoms with van der Waals surface area (Å²) in [6, 6.07) is 8.05. The minimum absolute atomic E-state index is 0.191. The second kappa shape index (κ2) is 4.28. The van der Waals surface area contributed by atoms with Crippen molar-refractivity contribution < 1.29 is 9.53 Å². The zero-order valence-corrected chi connectivity index (χ0v) is 10.6. The number of amides is 1. The van der Waals surface area contributed by atoms with E-state index in [-0.39, 0.29) is 11.6 Å². The molecule has 2 aliphatic heterocycles. The predicted molar refractivity (Wildman–Crippen MR) is 69.8 cm³/mol. The quantitative estimate of drug-likeness (QED) is 0.824. The maximum Gasteiger partial charge on any atom is 0.415 e. The van der Waals surface area contributed by atoms with Crippen LogP contribution < -0.4 is 10.2 Å². The Morgan fingerprint density at radius 2 is 2.33 bits per heavy atom. The number of hydrogen-bond acceptors (Lipinski definition) is 3. The number of carbonyl (C=O) groups excluding carboxylic acids is 1. The van der Waals surface area contributed by atoms with Gasteiger partial charge < -0.3 is 10.1 Å². The molecule has 3 rings (SSSR count). The molecule has 2 aliphatic rings. The van der Waals surface area contributed by atoms with E-state index in [0.29, 0.717) is 6.61 Å². The fourth-order valence-corrected chi connectivity index (χ4v) is 2.93. The number of nitrogens with one attached hydrogen (secondary N) is 1. The van der Waals surface area contributed by atoms with Crippen molar-refractivity contribution in [3.8, 4) is 0 Å². The molecule has 0 saturated carbocycles. The first kappa shape index (κ1) is 11.5. The van der Waals surface area contributed by atoms with Crippen molar-refractivity contribution in [2.24, 2.45) is 0 Å². The Morgan fingerprint density at radius 3 is 3.06 bits per heavy atom. The normalized spacial score (nSPS) is 27.6. The third-order valence-electron chi connectivity index (χ3n) is 3.83. The molecule has 0 aromatic heterocycles. The molecular formula is C14H18N2O2. The molecule has 1 atom stereocenters. The number of anilines is 1. The summed E-state index contributed by atoms with van der Waals surface area (Å²) in [7, 11) is 0. The van der Waals surface area contributed by atoms with Crippen LogP contribution in [0.3, 0.4) is 0 Å². The summed E-state index contributed by atoms with van der Waals surface area (Å²) in [4.78, 5) is 13.9. The average Bonchev–Trinajstić information content (AvgIpc) is 2.67. The van der Waals surface area contributed by atoms with Gasteiger partial charge in [0.05, 0.1) is 5.54 Å². The predicted octanol–water partition coefficient (Wildman–Crippen LogP) is 2.07. The highest BCUT2D eigenvalue weighted by Gasteiger charge is 2.48. The van der Waals surface area contributed by atoms with Crippen molar-refractivity contribution in [1.82, 2.24) is 5.32 Å². The molecule has 96 valence electrons. The summed E-state index contributed by atoms with van der Waals surface area (Å²) >= 11 is 0. The summed E-state index contributed by atoms with van der Waals surface area (Å²) < 4.78 is 5.30. The molecule has 1 amide bonds. The maximum atomic E-state index is 12.0. The first-order valence-corrected chi connectivity index (χ1v) is 6.46.